The first-order valence-corrected chi connectivity index (χ1v) is 9.34. The molecule has 0 heterocycles. The third-order valence-electron chi connectivity index (χ3n) is 3.72. The van der Waals surface area contributed by atoms with E-state index in [4.69, 9.17) is 9.47 Å². The molecule has 0 saturated carbocycles. The molecule has 0 aliphatic carbocycles. The zero-order valence-electron chi connectivity index (χ0n) is 15.1. The molecule has 2 rings (SSSR count). The summed E-state index contributed by atoms with van der Waals surface area (Å²) in [6.45, 7) is 3.14. The number of hydrogen-bond donors (Lipinski definition) is 2. The van der Waals surface area contributed by atoms with Gasteiger partial charge in [-0.15, -0.1) is 0 Å². The summed E-state index contributed by atoms with van der Waals surface area (Å²) in [5.74, 6) is 0.562. The minimum Gasteiger partial charge on any atom is -0.497 e. The number of aryl methyl sites for hydroxylation is 2. The smallest absolute Gasteiger partial charge is 0.241 e. The van der Waals surface area contributed by atoms with E-state index in [1.165, 1.54) is 20.3 Å². The minimum absolute atomic E-state index is 0.0965. The molecule has 0 radical (unpaired) electrons. The molecule has 0 atom stereocenters. The second kappa shape index (κ2) is 8.20. The zero-order valence-corrected chi connectivity index (χ0v) is 15.9. The average Bonchev–Trinajstić information content (AvgIpc) is 2.60. The van der Waals surface area contributed by atoms with Crippen molar-refractivity contribution in [1.29, 1.82) is 0 Å². The van der Waals surface area contributed by atoms with Crippen LogP contribution in [0.4, 0.5) is 5.69 Å². The fourth-order valence-corrected chi connectivity index (χ4v) is 3.61. The Labute approximate surface area is 153 Å². The van der Waals surface area contributed by atoms with Gasteiger partial charge < -0.3 is 14.8 Å². The number of carbonyl (C=O) groups is 1. The summed E-state index contributed by atoms with van der Waals surface area (Å²) in [5, 5.41) is 2.65. The van der Waals surface area contributed by atoms with E-state index in [1.54, 1.807) is 31.2 Å². The molecule has 1 amide bonds. The molecule has 2 aromatic carbocycles. The zero-order chi connectivity index (χ0) is 19.3. The van der Waals surface area contributed by atoms with Crippen molar-refractivity contribution in [2.24, 2.45) is 0 Å². The van der Waals surface area contributed by atoms with Gasteiger partial charge in [-0.05, 0) is 55.3 Å². The van der Waals surface area contributed by atoms with Crippen molar-refractivity contribution >= 4 is 21.6 Å². The van der Waals surface area contributed by atoms with E-state index in [1.807, 2.05) is 13.0 Å². The fraction of sp³-hybridized carbons (Fsp3) is 0.278. The first-order chi connectivity index (χ1) is 12.3. The van der Waals surface area contributed by atoms with E-state index < -0.39 is 22.5 Å². The number of ether oxygens (including phenoxy) is 2. The number of rotatable bonds is 7. The maximum absolute atomic E-state index is 12.4. The van der Waals surface area contributed by atoms with Crippen LogP contribution in [-0.4, -0.2) is 35.1 Å². The number of amides is 1. The van der Waals surface area contributed by atoms with Gasteiger partial charge in [-0.25, -0.2) is 13.1 Å². The highest BCUT2D eigenvalue weighted by atomic mass is 32.2. The standard InChI is InChI=1S/C18H22N2O5S/c1-12-5-7-16(25-4)15(9-12)20-18(21)11-19-26(22,23)17-8-6-14(24-3)10-13(17)2/h5-10,19H,11H2,1-4H3,(H,20,21). The lowest BCUT2D eigenvalue weighted by Crippen LogP contribution is -2.33. The quantitative estimate of drug-likeness (QED) is 0.771. The van der Waals surface area contributed by atoms with Crippen molar-refractivity contribution in [2.45, 2.75) is 18.7 Å². The minimum atomic E-state index is -3.82. The highest BCUT2D eigenvalue weighted by Crippen LogP contribution is 2.25. The van der Waals surface area contributed by atoms with Crippen LogP contribution in [0.5, 0.6) is 11.5 Å². The first-order valence-electron chi connectivity index (χ1n) is 7.85. The van der Waals surface area contributed by atoms with Gasteiger partial charge in [0.1, 0.15) is 11.5 Å². The molecule has 0 aromatic heterocycles. The molecule has 0 aliphatic heterocycles. The van der Waals surface area contributed by atoms with E-state index in [0.717, 1.165) is 5.56 Å². The Bertz CT molecular complexity index is 910. The Balaban J connectivity index is 2.08. The molecular formula is C18H22N2O5S. The van der Waals surface area contributed by atoms with Gasteiger partial charge in [-0.2, -0.15) is 0 Å². The Morgan fingerprint density at radius 3 is 2.38 bits per heavy atom. The van der Waals surface area contributed by atoms with Crippen LogP contribution >= 0.6 is 0 Å². The van der Waals surface area contributed by atoms with Crippen LogP contribution in [0.2, 0.25) is 0 Å². The van der Waals surface area contributed by atoms with Crippen molar-refractivity contribution in [3.8, 4) is 11.5 Å². The van der Waals surface area contributed by atoms with Crippen LogP contribution in [0, 0.1) is 13.8 Å². The summed E-state index contributed by atoms with van der Waals surface area (Å²) in [6.07, 6.45) is 0. The van der Waals surface area contributed by atoms with Gasteiger partial charge in [-0.3, -0.25) is 4.79 Å². The Morgan fingerprint density at radius 1 is 1.04 bits per heavy atom. The van der Waals surface area contributed by atoms with E-state index in [9.17, 15) is 13.2 Å². The fourth-order valence-electron chi connectivity index (χ4n) is 2.40. The van der Waals surface area contributed by atoms with Gasteiger partial charge in [0.05, 0.1) is 31.3 Å². The predicted octanol–water partition coefficient (Wildman–Crippen LogP) is 2.24. The number of nitrogens with one attached hydrogen (secondary N) is 2. The monoisotopic (exact) mass is 378 g/mol. The van der Waals surface area contributed by atoms with E-state index in [2.05, 4.69) is 10.0 Å². The second-order valence-electron chi connectivity index (χ2n) is 5.71. The Hall–Kier alpha value is -2.58. The first kappa shape index (κ1) is 19.7. The van der Waals surface area contributed by atoms with E-state index >= 15 is 0 Å². The van der Waals surface area contributed by atoms with Gasteiger partial charge >= 0.3 is 0 Å². The largest absolute Gasteiger partial charge is 0.497 e. The van der Waals surface area contributed by atoms with Gasteiger partial charge in [0.2, 0.25) is 15.9 Å². The lowest BCUT2D eigenvalue weighted by atomic mass is 10.2. The maximum atomic E-state index is 12.4. The summed E-state index contributed by atoms with van der Waals surface area (Å²) in [5.41, 5.74) is 1.95. The third-order valence-corrected chi connectivity index (χ3v) is 5.28. The summed E-state index contributed by atoms with van der Waals surface area (Å²) in [7, 11) is -0.824. The molecule has 8 heteroatoms. The molecule has 140 valence electrons. The van der Waals surface area contributed by atoms with Crippen molar-refractivity contribution in [1.82, 2.24) is 4.72 Å². The van der Waals surface area contributed by atoms with Crippen LogP contribution in [-0.2, 0) is 14.8 Å². The highest BCUT2D eigenvalue weighted by Gasteiger charge is 2.19. The maximum Gasteiger partial charge on any atom is 0.241 e. The van der Waals surface area contributed by atoms with Crippen LogP contribution in [0.15, 0.2) is 41.3 Å². The van der Waals surface area contributed by atoms with Crippen molar-refractivity contribution in [2.75, 3.05) is 26.1 Å². The molecule has 0 unspecified atom stereocenters. The van der Waals surface area contributed by atoms with Crippen LogP contribution in [0.1, 0.15) is 11.1 Å². The lowest BCUT2D eigenvalue weighted by molar-refractivity contribution is -0.115. The van der Waals surface area contributed by atoms with Crippen LogP contribution in [0.25, 0.3) is 0 Å². The van der Waals surface area contributed by atoms with Crippen molar-refractivity contribution in [3.05, 3.63) is 47.5 Å². The van der Waals surface area contributed by atoms with Gasteiger partial charge in [0, 0.05) is 0 Å². The summed E-state index contributed by atoms with van der Waals surface area (Å²) in [4.78, 5) is 12.2. The SMILES string of the molecule is COc1ccc(S(=O)(=O)NCC(=O)Nc2cc(C)ccc2OC)c(C)c1. The number of anilines is 1. The van der Waals surface area contributed by atoms with Crippen LogP contribution < -0.4 is 19.5 Å². The molecule has 0 saturated heterocycles. The number of methoxy groups -OCH3 is 2. The van der Waals surface area contributed by atoms with Crippen molar-refractivity contribution in [3.63, 3.8) is 0 Å². The Morgan fingerprint density at radius 2 is 1.77 bits per heavy atom. The van der Waals surface area contributed by atoms with E-state index in [-0.39, 0.29) is 4.90 Å². The second-order valence-corrected chi connectivity index (χ2v) is 7.44. The predicted molar refractivity (Wildman–Crippen MR) is 99.3 cm³/mol. The van der Waals surface area contributed by atoms with Crippen LogP contribution in [0.3, 0.4) is 0 Å². The molecule has 2 aromatic rings. The van der Waals surface area contributed by atoms with Gasteiger partial charge in [0.25, 0.3) is 0 Å². The van der Waals surface area contributed by atoms with Gasteiger partial charge in [0.15, 0.2) is 0 Å². The van der Waals surface area contributed by atoms with Crippen molar-refractivity contribution < 1.29 is 22.7 Å². The highest BCUT2D eigenvalue weighted by molar-refractivity contribution is 7.89. The Kier molecular flexibility index (Phi) is 6.23. The molecule has 26 heavy (non-hydrogen) atoms. The summed E-state index contributed by atoms with van der Waals surface area (Å²) < 4.78 is 37.4. The number of hydrogen-bond acceptors (Lipinski definition) is 5. The molecule has 0 spiro atoms. The molecular weight excluding hydrogens is 356 g/mol. The topological polar surface area (TPSA) is 93.7 Å². The third kappa shape index (κ3) is 4.74. The molecule has 7 nitrogen and oxygen atoms in total. The summed E-state index contributed by atoms with van der Waals surface area (Å²) in [6, 6.07) is 9.95. The number of carbonyl (C=O) groups excluding carboxylic acids is 1. The molecule has 2 N–H and O–H groups in total. The van der Waals surface area contributed by atoms with Gasteiger partial charge in [-0.1, -0.05) is 6.07 Å². The number of sulfonamides is 1. The number of benzene rings is 2. The normalized spacial score (nSPS) is 11.1. The molecule has 0 fully saturated rings. The summed E-state index contributed by atoms with van der Waals surface area (Å²) >= 11 is 0. The molecule has 0 aliphatic rings. The van der Waals surface area contributed by atoms with E-state index in [0.29, 0.717) is 22.7 Å². The average molecular weight is 378 g/mol. The lowest BCUT2D eigenvalue weighted by Gasteiger charge is -2.13. The molecule has 0 bridgehead atoms.